The lowest BCUT2D eigenvalue weighted by Gasteiger charge is -2.27. The molecule has 1 atom stereocenters. The predicted molar refractivity (Wildman–Crippen MR) is 73.8 cm³/mol. The fraction of sp³-hybridized carbons (Fsp3) is 0.267. The average molecular weight is 292 g/mol. The number of esters is 2. The van der Waals surface area contributed by atoms with Gasteiger partial charge >= 0.3 is 17.9 Å². The second-order valence-electron chi connectivity index (χ2n) is 4.35. The van der Waals surface area contributed by atoms with Crippen LogP contribution in [0, 0.1) is 0 Å². The maximum Gasteiger partial charge on any atom is 0.342 e. The van der Waals surface area contributed by atoms with Crippen molar-refractivity contribution in [2.75, 3.05) is 0 Å². The first-order chi connectivity index (χ1) is 9.83. The quantitative estimate of drug-likeness (QED) is 0.492. The topological polar surface area (TPSA) is 89.9 Å². The normalized spacial score (nSPS) is 12.9. The number of benzene rings is 1. The number of rotatable bonds is 6. The summed E-state index contributed by atoms with van der Waals surface area (Å²) in [6.07, 6.45) is 1.15. The highest BCUT2D eigenvalue weighted by atomic mass is 16.7. The molecular weight excluding hydrogens is 276 g/mol. The third-order valence-corrected chi connectivity index (χ3v) is 2.81. The van der Waals surface area contributed by atoms with E-state index in [1.807, 2.05) is 0 Å². The minimum absolute atomic E-state index is 0.112. The van der Waals surface area contributed by atoms with Crippen LogP contribution in [0.1, 0.15) is 41.0 Å². The Labute approximate surface area is 122 Å². The van der Waals surface area contributed by atoms with E-state index in [0.29, 0.717) is 0 Å². The molecule has 6 heteroatoms. The standard InChI is InChI=1S/C15H16O6/c1-4-12(16)20-15(3,5-2)21-14(19)11-9-7-6-8-10(11)13(17)18/h4,6-9H,1,5H2,2-3H3,(H,17,18). The summed E-state index contributed by atoms with van der Waals surface area (Å²) < 4.78 is 10.1. The van der Waals surface area contributed by atoms with Crippen molar-refractivity contribution < 1.29 is 29.0 Å². The van der Waals surface area contributed by atoms with Gasteiger partial charge in [-0.3, -0.25) is 0 Å². The Morgan fingerprint density at radius 1 is 1.24 bits per heavy atom. The van der Waals surface area contributed by atoms with Gasteiger partial charge in [0.25, 0.3) is 5.79 Å². The second-order valence-corrected chi connectivity index (χ2v) is 4.35. The minimum Gasteiger partial charge on any atom is -0.478 e. The summed E-state index contributed by atoms with van der Waals surface area (Å²) in [5.74, 6) is -4.36. The summed E-state index contributed by atoms with van der Waals surface area (Å²) in [5, 5.41) is 9.05. The fourth-order valence-electron chi connectivity index (χ4n) is 1.52. The Bertz CT molecular complexity index is 577. The van der Waals surface area contributed by atoms with Crippen molar-refractivity contribution in [1.82, 2.24) is 0 Å². The van der Waals surface area contributed by atoms with Crippen LogP contribution in [-0.4, -0.2) is 28.8 Å². The molecule has 1 aromatic carbocycles. The third-order valence-electron chi connectivity index (χ3n) is 2.81. The lowest BCUT2D eigenvalue weighted by molar-refractivity contribution is -0.198. The number of carboxylic acid groups (broad SMARTS) is 1. The number of ether oxygens (including phenoxy) is 2. The number of hydrogen-bond donors (Lipinski definition) is 1. The van der Waals surface area contributed by atoms with Gasteiger partial charge < -0.3 is 14.6 Å². The smallest absolute Gasteiger partial charge is 0.342 e. The van der Waals surface area contributed by atoms with Crippen molar-refractivity contribution in [3.8, 4) is 0 Å². The monoisotopic (exact) mass is 292 g/mol. The molecule has 1 unspecified atom stereocenters. The molecule has 0 saturated carbocycles. The first-order valence-electron chi connectivity index (χ1n) is 6.24. The Kier molecular flexibility index (Phi) is 5.24. The van der Waals surface area contributed by atoms with Crippen molar-refractivity contribution in [2.45, 2.75) is 26.1 Å². The number of hydrogen-bond acceptors (Lipinski definition) is 5. The van der Waals surface area contributed by atoms with Gasteiger partial charge in [0.2, 0.25) is 0 Å². The Balaban J connectivity index is 3.01. The van der Waals surface area contributed by atoms with Crippen LogP contribution in [0.3, 0.4) is 0 Å². The van der Waals surface area contributed by atoms with E-state index in [1.165, 1.54) is 31.2 Å². The molecule has 1 N–H and O–H groups in total. The molecule has 0 spiro atoms. The number of carbonyl (C=O) groups is 3. The lowest BCUT2D eigenvalue weighted by Crippen LogP contribution is -2.36. The first kappa shape index (κ1) is 16.4. The van der Waals surface area contributed by atoms with Crippen LogP contribution in [0.5, 0.6) is 0 Å². The van der Waals surface area contributed by atoms with Gasteiger partial charge in [0.15, 0.2) is 0 Å². The zero-order valence-electron chi connectivity index (χ0n) is 11.8. The molecule has 0 aliphatic carbocycles. The van der Waals surface area contributed by atoms with Crippen molar-refractivity contribution in [2.24, 2.45) is 0 Å². The maximum absolute atomic E-state index is 12.1. The zero-order valence-corrected chi connectivity index (χ0v) is 11.8. The average Bonchev–Trinajstić information content (AvgIpc) is 2.46. The first-order valence-corrected chi connectivity index (χ1v) is 6.24. The van der Waals surface area contributed by atoms with Crippen molar-refractivity contribution in [3.05, 3.63) is 48.0 Å². The van der Waals surface area contributed by atoms with Crippen LogP contribution in [0.15, 0.2) is 36.9 Å². The summed E-state index contributed by atoms with van der Waals surface area (Å²) in [7, 11) is 0. The summed E-state index contributed by atoms with van der Waals surface area (Å²) >= 11 is 0. The Hall–Kier alpha value is -2.63. The van der Waals surface area contributed by atoms with Gasteiger partial charge in [-0.1, -0.05) is 25.6 Å². The molecule has 0 bridgehead atoms. The van der Waals surface area contributed by atoms with Gasteiger partial charge in [-0.05, 0) is 12.1 Å². The summed E-state index contributed by atoms with van der Waals surface area (Å²) in [4.78, 5) is 34.4. The van der Waals surface area contributed by atoms with E-state index < -0.39 is 23.7 Å². The van der Waals surface area contributed by atoms with E-state index in [-0.39, 0.29) is 17.5 Å². The summed E-state index contributed by atoms with van der Waals surface area (Å²) in [5.41, 5.74) is -0.296. The van der Waals surface area contributed by atoms with Crippen LogP contribution >= 0.6 is 0 Å². The van der Waals surface area contributed by atoms with Crippen molar-refractivity contribution >= 4 is 17.9 Å². The highest BCUT2D eigenvalue weighted by molar-refractivity contribution is 6.02. The second kappa shape index (κ2) is 6.69. The minimum atomic E-state index is -1.49. The van der Waals surface area contributed by atoms with Gasteiger partial charge in [0.05, 0.1) is 11.1 Å². The molecule has 0 aromatic heterocycles. The van der Waals surface area contributed by atoms with Gasteiger partial charge in [0, 0.05) is 19.4 Å². The molecule has 0 aliphatic heterocycles. The van der Waals surface area contributed by atoms with Crippen molar-refractivity contribution in [3.63, 3.8) is 0 Å². The summed E-state index contributed by atoms with van der Waals surface area (Å²) in [6.45, 7) is 6.33. The van der Waals surface area contributed by atoms with E-state index in [4.69, 9.17) is 14.6 Å². The molecule has 112 valence electrons. The largest absolute Gasteiger partial charge is 0.478 e. The number of carboxylic acids is 1. The van der Waals surface area contributed by atoms with Gasteiger partial charge in [0.1, 0.15) is 0 Å². The molecule has 0 saturated heterocycles. The predicted octanol–water partition coefficient (Wildman–Crippen LogP) is 2.40. The number of aromatic carboxylic acids is 1. The molecule has 0 fully saturated rings. The van der Waals surface area contributed by atoms with Crippen molar-refractivity contribution in [1.29, 1.82) is 0 Å². The zero-order chi connectivity index (χ0) is 16.0. The van der Waals surface area contributed by atoms with Crippen LogP contribution in [0.2, 0.25) is 0 Å². The Morgan fingerprint density at radius 3 is 2.29 bits per heavy atom. The summed E-state index contributed by atoms with van der Waals surface area (Å²) in [6, 6.07) is 5.63. The number of carbonyl (C=O) groups excluding carboxylic acids is 2. The van der Waals surface area contributed by atoms with Gasteiger partial charge in [-0.2, -0.15) is 0 Å². The van der Waals surface area contributed by atoms with E-state index in [0.717, 1.165) is 6.08 Å². The van der Waals surface area contributed by atoms with E-state index in [2.05, 4.69) is 6.58 Å². The molecule has 0 heterocycles. The van der Waals surface area contributed by atoms with Crippen LogP contribution in [0.25, 0.3) is 0 Å². The molecule has 21 heavy (non-hydrogen) atoms. The molecule has 0 aliphatic rings. The van der Waals surface area contributed by atoms with Crippen LogP contribution in [-0.2, 0) is 14.3 Å². The molecule has 1 rings (SSSR count). The lowest BCUT2D eigenvalue weighted by atomic mass is 10.1. The highest BCUT2D eigenvalue weighted by Crippen LogP contribution is 2.21. The molecule has 1 aromatic rings. The Morgan fingerprint density at radius 2 is 1.81 bits per heavy atom. The fourth-order valence-corrected chi connectivity index (χ4v) is 1.52. The van der Waals surface area contributed by atoms with E-state index >= 15 is 0 Å². The molecule has 0 radical (unpaired) electrons. The van der Waals surface area contributed by atoms with E-state index in [9.17, 15) is 14.4 Å². The molecule has 0 amide bonds. The third kappa shape index (κ3) is 4.17. The maximum atomic E-state index is 12.1. The van der Waals surface area contributed by atoms with E-state index in [1.54, 1.807) is 6.92 Å². The SMILES string of the molecule is C=CC(=O)OC(C)(CC)OC(=O)c1ccccc1C(=O)O. The van der Waals surface area contributed by atoms with Gasteiger partial charge in [-0.25, -0.2) is 14.4 Å². The van der Waals surface area contributed by atoms with Crippen LogP contribution < -0.4 is 0 Å². The molecule has 6 nitrogen and oxygen atoms in total. The molecular formula is C15H16O6. The highest BCUT2D eigenvalue weighted by Gasteiger charge is 2.32. The van der Waals surface area contributed by atoms with Crippen LogP contribution in [0.4, 0.5) is 0 Å². The van der Waals surface area contributed by atoms with Gasteiger partial charge in [-0.15, -0.1) is 0 Å².